The van der Waals surface area contributed by atoms with E-state index in [1.54, 1.807) is 12.5 Å². The second-order valence-corrected chi connectivity index (χ2v) is 3.39. The summed E-state index contributed by atoms with van der Waals surface area (Å²) in [5.41, 5.74) is 1.11. The standard InChI is InChI=1S/C9H16N2O/c1-8(2)3-4-10-5-9-6-11-12-7-9/h6-8,10H,3-5H2,1-2H3. The van der Waals surface area contributed by atoms with Crippen molar-refractivity contribution in [1.82, 2.24) is 10.5 Å². The van der Waals surface area contributed by atoms with Gasteiger partial charge in [-0.05, 0) is 18.9 Å². The molecule has 0 unspecified atom stereocenters. The van der Waals surface area contributed by atoms with E-state index < -0.39 is 0 Å². The van der Waals surface area contributed by atoms with Crippen LogP contribution in [0.3, 0.4) is 0 Å². The third-order valence-corrected chi connectivity index (χ3v) is 1.71. The van der Waals surface area contributed by atoms with E-state index in [1.807, 2.05) is 0 Å². The van der Waals surface area contributed by atoms with Gasteiger partial charge in [0.15, 0.2) is 0 Å². The molecule has 0 aromatic carbocycles. The Morgan fingerprint density at radius 1 is 1.58 bits per heavy atom. The molecule has 3 nitrogen and oxygen atoms in total. The maximum Gasteiger partial charge on any atom is 0.128 e. The summed E-state index contributed by atoms with van der Waals surface area (Å²) in [5, 5.41) is 6.94. The van der Waals surface area contributed by atoms with Gasteiger partial charge in [-0.1, -0.05) is 19.0 Å². The highest BCUT2D eigenvalue weighted by molar-refractivity contribution is 4.98. The zero-order valence-corrected chi connectivity index (χ0v) is 7.71. The van der Waals surface area contributed by atoms with Gasteiger partial charge in [0.05, 0.1) is 6.20 Å². The van der Waals surface area contributed by atoms with Crippen molar-refractivity contribution in [2.45, 2.75) is 26.8 Å². The molecule has 0 atom stereocenters. The van der Waals surface area contributed by atoms with Gasteiger partial charge in [-0.2, -0.15) is 0 Å². The van der Waals surface area contributed by atoms with E-state index in [2.05, 4.69) is 24.3 Å². The first-order valence-electron chi connectivity index (χ1n) is 4.38. The van der Waals surface area contributed by atoms with E-state index in [4.69, 9.17) is 4.52 Å². The Hall–Kier alpha value is -0.830. The zero-order chi connectivity index (χ0) is 8.81. The molecule has 0 radical (unpaired) electrons. The fourth-order valence-corrected chi connectivity index (χ4v) is 0.937. The fourth-order valence-electron chi connectivity index (χ4n) is 0.937. The summed E-state index contributed by atoms with van der Waals surface area (Å²) in [6.07, 6.45) is 4.62. The summed E-state index contributed by atoms with van der Waals surface area (Å²) >= 11 is 0. The second-order valence-electron chi connectivity index (χ2n) is 3.39. The van der Waals surface area contributed by atoms with Crippen LogP contribution in [0, 0.1) is 5.92 Å². The molecule has 3 heteroatoms. The molecule has 68 valence electrons. The Morgan fingerprint density at radius 3 is 3.00 bits per heavy atom. The first-order valence-corrected chi connectivity index (χ1v) is 4.38. The fraction of sp³-hybridized carbons (Fsp3) is 0.667. The summed E-state index contributed by atoms with van der Waals surface area (Å²) in [4.78, 5) is 0. The molecule has 0 aliphatic rings. The van der Waals surface area contributed by atoms with E-state index in [1.165, 1.54) is 6.42 Å². The van der Waals surface area contributed by atoms with Crippen LogP contribution in [0.15, 0.2) is 17.0 Å². The van der Waals surface area contributed by atoms with E-state index in [9.17, 15) is 0 Å². The van der Waals surface area contributed by atoms with Crippen LogP contribution < -0.4 is 5.32 Å². The van der Waals surface area contributed by atoms with Gasteiger partial charge in [-0.25, -0.2) is 0 Å². The van der Waals surface area contributed by atoms with Gasteiger partial charge in [0.25, 0.3) is 0 Å². The highest BCUT2D eigenvalue weighted by Crippen LogP contribution is 1.98. The van der Waals surface area contributed by atoms with Crippen LogP contribution in [0.2, 0.25) is 0 Å². The molecule has 0 saturated carbocycles. The number of hydrogen-bond acceptors (Lipinski definition) is 3. The van der Waals surface area contributed by atoms with Crippen LogP contribution in [-0.4, -0.2) is 11.7 Å². The van der Waals surface area contributed by atoms with Gasteiger partial charge in [0.2, 0.25) is 0 Å². The Labute approximate surface area is 73.1 Å². The zero-order valence-electron chi connectivity index (χ0n) is 7.71. The molecule has 0 saturated heterocycles. The molecule has 0 aliphatic heterocycles. The Bertz CT molecular complexity index is 194. The molecular weight excluding hydrogens is 152 g/mol. The monoisotopic (exact) mass is 168 g/mol. The van der Waals surface area contributed by atoms with Crippen LogP contribution in [0.4, 0.5) is 0 Å². The first kappa shape index (κ1) is 9.26. The van der Waals surface area contributed by atoms with E-state index >= 15 is 0 Å². The van der Waals surface area contributed by atoms with Crippen LogP contribution in [0.1, 0.15) is 25.8 Å². The first-order chi connectivity index (χ1) is 5.79. The molecule has 0 amide bonds. The van der Waals surface area contributed by atoms with Crippen LogP contribution in [0.25, 0.3) is 0 Å². The third kappa shape index (κ3) is 3.53. The van der Waals surface area contributed by atoms with E-state index in [0.29, 0.717) is 0 Å². The van der Waals surface area contributed by atoms with Crippen LogP contribution in [-0.2, 0) is 6.54 Å². The number of aromatic nitrogens is 1. The lowest BCUT2D eigenvalue weighted by Crippen LogP contribution is -2.15. The summed E-state index contributed by atoms with van der Waals surface area (Å²) in [6.45, 7) is 6.36. The predicted molar refractivity (Wildman–Crippen MR) is 47.7 cm³/mol. The maximum absolute atomic E-state index is 4.70. The molecule has 12 heavy (non-hydrogen) atoms. The minimum Gasteiger partial charge on any atom is -0.364 e. The average Bonchev–Trinajstić information content (AvgIpc) is 2.49. The lowest BCUT2D eigenvalue weighted by atomic mass is 10.1. The van der Waals surface area contributed by atoms with Crippen molar-refractivity contribution in [1.29, 1.82) is 0 Å². The maximum atomic E-state index is 4.70. The van der Waals surface area contributed by atoms with Crippen molar-refractivity contribution in [3.8, 4) is 0 Å². The third-order valence-electron chi connectivity index (χ3n) is 1.71. The molecule has 0 aliphatic carbocycles. The highest BCUT2D eigenvalue weighted by atomic mass is 16.5. The van der Waals surface area contributed by atoms with Gasteiger partial charge in [-0.15, -0.1) is 0 Å². The molecule has 1 aromatic heterocycles. The molecule has 0 fully saturated rings. The van der Waals surface area contributed by atoms with E-state index in [-0.39, 0.29) is 0 Å². The number of nitrogens with zero attached hydrogens (tertiary/aromatic N) is 1. The lowest BCUT2D eigenvalue weighted by Gasteiger charge is -2.04. The van der Waals surface area contributed by atoms with Gasteiger partial charge in [0.1, 0.15) is 6.26 Å². The van der Waals surface area contributed by atoms with Crippen molar-refractivity contribution >= 4 is 0 Å². The molecule has 1 N–H and O–H groups in total. The minimum absolute atomic E-state index is 0.764. The van der Waals surface area contributed by atoms with Gasteiger partial charge in [0, 0.05) is 12.1 Å². The minimum atomic E-state index is 0.764. The number of hydrogen-bond donors (Lipinski definition) is 1. The molecule has 0 bridgehead atoms. The molecular formula is C9H16N2O. The van der Waals surface area contributed by atoms with Crippen LogP contribution >= 0.6 is 0 Å². The Kier molecular flexibility index (Phi) is 3.80. The summed E-state index contributed by atoms with van der Waals surface area (Å²) in [5.74, 6) is 0.764. The Morgan fingerprint density at radius 2 is 2.42 bits per heavy atom. The quantitative estimate of drug-likeness (QED) is 0.681. The summed E-state index contributed by atoms with van der Waals surface area (Å²) in [7, 11) is 0. The van der Waals surface area contributed by atoms with Crippen LogP contribution in [0.5, 0.6) is 0 Å². The highest BCUT2D eigenvalue weighted by Gasteiger charge is 1.95. The molecule has 1 rings (SSSR count). The molecule has 1 heterocycles. The van der Waals surface area contributed by atoms with Crippen molar-refractivity contribution in [2.75, 3.05) is 6.54 Å². The number of nitrogens with one attached hydrogen (secondary N) is 1. The molecule has 0 spiro atoms. The van der Waals surface area contributed by atoms with Gasteiger partial charge >= 0.3 is 0 Å². The number of rotatable bonds is 5. The van der Waals surface area contributed by atoms with E-state index in [0.717, 1.165) is 24.6 Å². The van der Waals surface area contributed by atoms with Crippen molar-refractivity contribution in [3.05, 3.63) is 18.0 Å². The summed E-state index contributed by atoms with van der Waals surface area (Å²) < 4.78 is 4.70. The largest absolute Gasteiger partial charge is 0.364 e. The normalized spacial score (nSPS) is 10.9. The summed E-state index contributed by atoms with van der Waals surface area (Å²) in [6, 6.07) is 0. The average molecular weight is 168 g/mol. The lowest BCUT2D eigenvalue weighted by molar-refractivity contribution is 0.418. The second kappa shape index (κ2) is 4.93. The molecule has 1 aromatic rings. The topological polar surface area (TPSA) is 38.1 Å². The van der Waals surface area contributed by atoms with Gasteiger partial charge in [-0.3, -0.25) is 0 Å². The van der Waals surface area contributed by atoms with Gasteiger partial charge < -0.3 is 9.84 Å². The van der Waals surface area contributed by atoms with Crippen molar-refractivity contribution < 1.29 is 4.52 Å². The SMILES string of the molecule is CC(C)CCNCc1cnoc1. The smallest absolute Gasteiger partial charge is 0.128 e. The Balaban J connectivity index is 2.04. The van der Waals surface area contributed by atoms with Crippen molar-refractivity contribution in [2.24, 2.45) is 5.92 Å². The predicted octanol–water partition coefficient (Wildman–Crippen LogP) is 1.81. The van der Waals surface area contributed by atoms with Crippen molar-refractivity contribution in [3.63, 3.8) is 0 Å².